The van der Waals surface area contributed by atoms with Crippen LogP contribution in [0.25, 0.3) is 0 Å². The SMILES string of the molecule is O=S(=O)(NCc1ccccc1F)c1cc(Cl)ccc1Cl. The van der Waals surface area contributed by atoms with Gasteiger partial charge in [0.1, 0.15) is 10.7 Å². The van der Waals surface area contributed by atoms with Gasteiger partial charge < -0.3 is 0 Å². The van der Waals surface area contributed by atoms with Gasteiger partial charge in [-0.2, -0.15) is 0 Å². The Bertz CT molecular complexity index is 735. The van der Waals surface area contributed by atoms with Gasteiger partial charge in [0.15, 0.2) is 0 Å². The molecule has 2 aromatic carbocycles. The molecule has 0 aliphatic carbocycles. The van der Waals surface area contributed by atoms with Crippen molar-refractivity contribution in [3.63, 3.8) is 0 Å². The van der Waals surface area contributed by atoms with E-state index in [1.165, 1.54) is 36.4 Å². The Morgan fingerprint density at radius 2 is 1.80 bits per heavy atom. The summed E-state index contributed by atoms with van der Waals surface area (Å²) in [6.07, 6.45) is 0. The summed E-state index contributed by atoms with van der Waals surface area (Å²) in [4.78, 5) is -0.136. The molecular formula is C13H10Cl2FNO2S. The van der Waals surface area contributed by atoms with Crippen molar-refractivity contribution in [2.24, 2.45) is 0 Å². The van der Waals surface area contributed by atoms with E-state index in [9.17, 15) is 12.8 Å². The summed E-state index contributed by atoms with van der Waals surface area (Å²) in [7, 11) is -3.86. The topological polar surface area (TPSA) is 46.2 Å². The summed E-state index contributed by atoms with van der Waals surface area (Å²) in [5.41, 5.74) is 0.245. The van der Waals surface area contributed by atoms with Crippen LogP contribution in [0.5, 0.6) is 0 Å². The molecular weight excluding hydrogens is 324 g/mol. The number of rotatable bonds is 4. The van der Waals surface area contributed by atoms with Crippen LogP contribution in [0.3, 0.4) is 0 Å². The van der Waals surface area contributed by atoms with Gasteiger partial charge in [-0.05, 0) is 24.3 Å². The molecule has 0 aliphatic heterocycles. The molecule has 0 unspecified atom stereocenters. The average Bonchev–Trinajstić information content (AvgIpc) is 2.40. The zero-order valence-corrected chi connectivity index (χ0v) is 12.4. The van der Waals surface area contributed by atoms with Crippen molar-refractivity contribution in [2.75, 3.05) is 0 Å². The first-order valence-corrected chi connectivity index (χ1v) is 7.82. The predicted molar refractivity (Wildman–Crippen MR) is 76.9 cm³/mol. The molecule has 7 heteroatoms. The van der Waals surface area contributed by atoms with Crippen molar-refractivity contribution in [3.8, 4) is 0 Å². The normalized spacial score (nSPS) is 11.6. The lowest BCUT2D eigenvalue weighted by atomic mass is 10.2. The standard InChI is InChI=1S/C13H10Cl2FNO2S/c14-10-5-6-11(15)13(7-10)20(18,19)17-8-9-3-1-2-4-12(9)16/h1-7,17H,8H2. The van der Waals surface area contributed by atoms with Gasteiger partial charge in [-0.3, -0.25) is 0 Å². The summed E-state index contributed by atoms with van der Waals surface area (Å²) in [5.74, 6) is -0.479. The highest BCUT2D eigenvalue weighted by Crippen LogP contribution is 2.25. The second-order valence-electron chi connectivity index (χ2n) is 3.99. The summed E-state index contributed by atoms with van der Waals surface area (Å²) >= 11 is 11.6. The van der Waals surface area contributed by atoms with E-state index in [-0.39, 0.29) is 27.0 Å². The van der Waals surface area contributed by atoms with Crippen LogP contribution < -0.4 is 4.72 Å². The third-order valence-corrected chi connectivity index (χ3v) is 4.71. The fourth-order valence-electron chi connectivity index (χ4n) is 1.58. The lowest BCUT2D eigenvalue weighted by Gasteiger charge is -2.09. The Hall–Kier alpha value is -1.14. The summed E-state index contributed by atoms with van der Waals surface area (Å²) in [5, 5.41) is 0.302. The molecule has 106 valence electrons. The predicted octanol–water partition coefficient (Wildman–Crippen LogP) is 3.61. The Morgan fingerprint density at radius 3 is 2.50 bits per heavy atom. The first kappa shape index (κ1) is 15.3. The van der Waals surface area contributed by atoms with Crippen molar-refractivity contribution < 1.29 is 12.8 Å². The highest BCUT2D eigenvalue weighted by Gasteiger charge is 2.18. The average molecular weight is 334 g/mol. The Labute approximate surface area is 126 Å². The molecule has 0 amide bonds. The van der Waals surface area contributed by atoms with Gasteiger partial charge in [-0.25, -0.2) is 17.5 Å². The van der Waals surface area contributed by atoms with Crippen molar-refractivity contribution in [1.29, 1.82) is 0 Å². The molecule has 0 saturated heterocycles. The van der Waals surface area contributed by atoms with E-state index in [1.807, 2.05) is 0 Å². The number of benzene rings is 2. The van der Waals surface area contributed by atoms with E-state index in [2.05, 4.69) is 4.72 Å². The molecule has 0 atom stereocenters. The lowest BCUT2D eigenvalue weighted by Crippen LogP contribution is -2.24. The van der Waals surface area contributed by atoms with E-state index in [0.29, 0.717) is 0 Å². The molecule has 0 radical (unpaired) electrons. The Kier molecular flexibility index (Phi) is 4.65. The maximum Gasteiger partial charge on any atom is 0.242 e. The monoisotopic (exact) mass is 333 g/mol. The Balaban J connectivity index is 2.24. The fourth-order valence-corrected chi connectivity index (χ4v) is 3.34. The number of halogens is 3. The number of hydrogen-bond acceptors (Lipinski definition) is 2. The zero-order valence-electron chi connectivity index (χ0n) is 10.1. The van der Waals surface area contributed by atoms with Gasteiger partial charge in [-0.1, -0.05) is 41.4 Å². The zero-order chi connectivity index (χ0) is 14.8. The molecule has 0 heterocycles. The number of hydrogen-bond donors (Lipinski definition) is 1. The van der Waals surface area contributed by atoms with Crippen LogP contribution >= 0.6 is 23.2 Å². The molecule has 0 bridgehead atoms. The van der Waals surface area contributed by atoms with E-state index >= 15 is 0 Å². The minimum Gasteiger partial charge on any atom is -0.207 e. The molecule has 0 aromatic heterocycles. The third kappa shape index (κ3) is 3.49. The molecule has 1 N–H and O–H groups in total. The van der Waals surface area contributed by atoms with Crippen LogP contribution in [-0.2, 0) is 16.6 Å². The van der Waals surface area contributed by atoms with Crippen LogP contribution in [0.1, 0.15) is 5.56 Å². The maximum atomic E-state index is 13.4. The summed E-state index contributed by atoms with van der Waals surface area (Å²) in [6.45, 7) is -0.169. The second kappa shape index (κ2) is 6.10. The van der Waals surface area contributed by atoms with Crippen molar-refractivity contribution in [1.82, 2.24) is 4.72 Å². The quantitative estimate of drug-likeness (QED) is 0.928. The van der Waals surface area contributed by atoms with Gasteiger partial charge in [0.05, 0.1) is 5.02 Å². The van der Waals surface area contributed by atoms with Crippen LogP contribution in [-0.4, -0.2) is 8.42 Å². The van der Waals surface area contributed by atoms with E-state index in [1.54, 1.807) is 6.07 Å². The molecule has 0 fully saturated rings. The Morgan fingerprint density at radius 1 is 1.10 bits per heavy atom. The smallest absolute Gasteiger partial charge is 0.207 e. The minimum atomic E-state index is -3.86. The van der Waals surface area contributed by atoms with E-state index in [4.69, 9.17) is 23.2 Å². The van der Waals surface area contributed by atoms with Gasteiger partial charge in [-0.15, -0.1) is 0 Å². The molecule has 20 heavy (non-hydrogen) atoms. The maximum absolute atomic E-state index is 13.4. The molecule has 2 aromatic rings. The summed E-state index contributed by atoms with van der Waals surface area (Å²) in [6, 6.07) is 10.0. The van der Waals surface area contributed by atoms with Gasteiger partial charge in [0.2, 0.25) is 10.0 Å². The molecule has 0 saturated carbocycles. The van der Waals surface area contributed by atoms with E-state index < -0.39 is 15.8 Å². The fraction of sp³-hybridized carbons (Fsp3) is 0.0769. The lowest BCUT2D eigenvalue weighted by molar-refractivity contribution is 0.574. The second-order valence-corrected chi connectivity index (χ2v) is 6.57. The largest absolute Gasteiger partial charge is 0.242 e. The van der Waals surface area contributed by atoms with Crippen LogP contribution in [0.2, 0.25) is 10.0 Å². The van der Waals surface area contributed by atoms with Gasteiger partial charge >= 0.3 is 0 Å². The van der Waals surface area contributed by atoms with Gasteiger partial charge in [0, 0.05) is 17.1 Å². The first-order chi connectivity index (χ1) is 9.40. The number of nitrogens with one attached hydrogen (secondary N) is 1. The molecule has 2 rings (SSSR count). The first-order valence-electron chi connectivity index (χ1n) is 5.58. The number of sulfonamides is 1. The van der Waals surface area contributed by atoms with Crippen molar-refractivity contribution >= 4 is 33.2 Å². The highest BCUT2D eigenvalue weighted by atomic mass is 35.5. The molecule has 3 nitrogen and oxygen atoms in total. The minimum absolute atomic E-state index is 0.0513. The molecule has 0 spiro atoms. The third-order valence-electron chi connectivity index (χ3n) is 2.59. The van der Waals surface area contributed by atoms with Crippen LogP contribution in [0.4, 0.5) is 4.39 Å². The summed E-state index contributed by atoms with van der Waals surface area (Å²) < 4.78 is 39.9. The van der Waals surface area contributed by atoms with Crippen LogP contribution in [0, 0.1) is 5.82 Å². The molecule has 0 aliphatic rings. The highest BCUT2D eigenvalue weighted by molar-refractivity contribution is 7.89. The van der Waals surface area contributed by atoms with Crippen LogP contribution in [0.15, 0.2) is 47.4 Å². The van der Waals surface area contributed by atoms with Gasteiger partial charge in [0.25, 0.3) is 0 Å². The van der Waals surface area contributed by atoms with Crippen molar-refractivity contribution in [3.05, 3.63) is 63.9 Å². The van der Waals surface area contributed by atoms with Crippen molar-refractivity contribution in [2.45, 2.75) is 11.4 Å². The van der Waals surface area contributed by atoms with E-state index in [0.717, 1.165) is 0 Å².